The van der Waals surface area contributed by atoms with Crippen LogP contribution in [0.15, 0.2) is 39.7 Å². The smallest absolute Gasteiger partial charge is 0.197 e. The van der Waals surface area contributed by atoms with E-state index in [0.29, 0.717) is 36.2 Å². The molecule has 2 aromatic rings. The van der Waals surface area contributed by atoms with Crippen LogP contribution in [0.4, 0.5) is 0 Å². The van der Waals surface area contributed by atoms with Crippen molar-refractivity contribution < 1.29 is 14.6 Å². The van der Waals surface area contributed by atoms with Crippen molar-refractivity contribution in [1.82, 2.24) is 4.90 Å². The van der Waals surface area contributed by atoms with Gasteiger partial charge in [-0.3, -0.25) is 9.69 Å². The number of fused-ring (bicyclic) bond motifs is 1. The number of para-hydroxylation sites is 1. The van der Waals surface area contributed by atoms with Crippen LogP contribution in [0.25, 0.3) is 11.0 Å². The fourth-order valence-corrected chi connectivity index (χ4v) is 3.05. The Morgan fingerprint density at radius 2 is 1.81 bits per heavy atom. The number of rotatable bonds is 4. The summed E-state index contributed by atoms with van der Waals surface area (Å²) in [5, 5.41) is 19.2. The third-order valence-electron chi connectivity index (χ3n) is 4.27. The molecule has 1 aliphatic heterocycles. The van der Waals surface area contributed by atoms with Gasteiger partial charge in [-0.15, -0.1) is 0 Å². The number of benzene rings is 1. The van der Waals surface area contributed by atoms with Crippen molar-refractivity contribution in [1.29, 1.82) is 0 Å². The predicted octanol–water partition coefficient (Wildman–Crippen LogP) is 0.826. The average Bonchev–Trinajstić information content (AvgIpc) is 2.92. The fourth-order valence-electron chi connectivity index (χ4n) is 3.05. The molecule has 1 fully saturated rings. The van der Waals surface area contributed by atoms with E-state index in [2.05, 4.69) is 4.90 Å². The lowest BCUT2D eigenvalue weighted by Crippen LogP contribution is -2.24. The molecular weight excluding hydrogens is 270 g/mol. The lowest BCUT2D eigenvalue weighted by Gasteiger charge is -2.14. The molecule has 0 radical (unpaired) electrons. The summed E-state index contributed by atoms with van der Waals surface area (Å²) in [5.41, 5.74) is 1.20. The number of likely N-dealkylation sites (tertiary alicyclic amines) is 1. The zero-order valence-corrected chi connectivity index (χ0v) is 11.7. The maximum absolute atomic E-state index is 12.4. The SMILES string of the molecule is O=c1c(CN2C[C@@H](CO)[C@H](CO)C2)coc2ccccc12. The molecule has 0 spiro atoms. The molecule has 0 unspecified atom stereocenters. The van der Waals surface area contributed by atoms with Crippen LogP contribution >= 0.6 is 0 Å². The minimum Gasteiger partial charge on any atom is -0.464 e. The van der Waals surface area contributed by atoms with Crippen molar-refractivity contribution >= 4 is 11.0 Å². The number of hydrogen-bond donors (Lipinski definition) is 2. The number of nitrogens with zero attached hydrogens (tertiary/aromatic N) is 1. The minimum atomic E-state index is -0.00940. The van der Waals surface area contributed by atoms with Gasteiger partial charge in [0.15, 0.2) is 5.43 Å². The van der Waals surface area contributed by atoms with Gasteiger partial charge in [-0.05, 0) is 12.1 Å². The molecule has 5 heteroatoms. The Morgan fingerprint density at radius 1 is 1.14 bits per heavy atom. The largest absolute Gasteiger partial charge is 0.464 e. The van der Waals surface area contributed by atoms with E-state index in [1.807, 2.05) is 12.1 Å². The van der Waals surface area contributed by atoms with E-state index in [1.54, 1.807) is 12.1 Å². The molecule has 1 aromatic carbocycles. The summed E-state index contributed by atoms with van der Waals surface area (Å²) in [7, 11) is 0. The molecule has 0 bridgehead atoms. The predicted molar refractivity (Wildman–Crippen MR) is 78.9 cm³/mol. The van der Waals surface area contributed by atoms with Gasteiger partial charge in [0.1, 0.15) is 5.58 Å². The van der Waals surface area contributed by atoms with Crippen molar-refractivity contribution in [3.63, 3.8) is 0 Å². The van der Waals surface area contributed by atoms with Crippen LogP contribution in [0, 0.1) is 11.8 Å². The zero-order valence-electron chi connectivity index (χ0n) is 11.7. The fraction of sp³-hybridized carbons (Fsp3) is 0.438. The van der Waals surface area contributed by atoms with Gasteiger partial charge < -0.3 is 14.6 Å². The third-order valence-corrected chi connectivity index (χ3v) is 4.27. The lowest BCUT2D eigenvalue weighted by molar-refractivity contribution is 0.152. The first-order valence-corrected chi connectivity index (χ1v) is 7.16. The summed E-state index contributed by atoms with van der Waals surface area (Å²) in [6, 6.07) is 7.20. The lowest BCUT2D eigenvalue weighted by atomic mass is 9.98. The Labute approximate surface area is 122 Å². The molecule has 1 aromatic heterocycles. The van der Waals surface area contributed by atoms with Crippen LogP contribution in [0.1, 0.15) is 5.56 Å². The summed E-state index contributed by atoms with van der Waals surface area (Å²) < 4.78 is 5.51. The second-order valence-corrected chi connectivity index (χ2v) is 5.67. The van der Waals surface area contributed by atoms with Gasteiger partial charge in [-0.25, -0.2) is 0 Å². The molecule has 1 aliphatic rings. The van der Waals surface area contributed by atoms with Crippen LogP contribution in [0.5, 0.6) is 0 Å². The molecule has 2 heterocycles. The number of hydrogen-bond acceptors (Lipinski definition) is 5. The van der Waals surface area contributed by atoms with E-state index in [9.17, 15) is 15.0 Å². The normalized spacial score (nSPS) is 23.0. The third kappa shape index (κ3) is 2.72. The van der Waals surface area contributed by atoms with Crippen molar-refractivity contribution in [3.05, 3.63) is 46.3 Å². The topological polar surface area (TPSA) is 73.9 Å². The van der Waals surface area contributed by atoms with Crippen LogP contribution in [0.2, 0.25) is 0 Å². The standard InChI is InChI=1S/C16H19NO4/c18-8-11-5-17(6-12(11)9-19)7-13-10-21-15-4-2-1-3-14(15)16(13)20/h1-4,10-12,18-19H,5-9H2/t11-,12-/m0/s1. The van der Waals surface area contributed by atoms with Crippen LogP contribution in [0.3, 0.4) is 0 Å². The Hall–Kier alpha value is -1.69. The highest BCUT2D eigenvalue weighted by Gasteiger charge is 2.32. The summed E-state index contributed by atoms with van der Waals surface area (Å²) in [6.07, 6.45) is 1.52. The van der Waals surface area contributed by atoms with E-state index in [1.165, 1.54) is 6.26 Å². The van der Waals surface area contributed by atoms with E-state index >= 15 is 0 Å². The Morgan fingerprint density at radius 3 is 2.48 bits per heavy atom. The van der Waals surface area contributed by atoms with Gasteiger partial charge in [0.2, 0.25) is 0 Å². The molecule has 3 rings (SSSR count). The maximum atomic E-state index is 12.4. The summed E-state index contributed by atoms with van der Waals surface area (Å²) >= 11 is 0. The summed E-state index contributed by atoms with van der Waals surface area (Å²) in [4.78, 5) is 14.5. The molecule has 0 amide bonds. The first kappa shape index (κ1) is 14.3. The van der Waals surface area contributed by atoms with Crippen LogP contribution in [-0.2, 0) is 6.54 Å². The van der Waals surface area contributed by atoms with Gasteiger partial charge >= 0.3 is 0 Å². The highest BCUT2D eigenvalue weighted by Crippen LogP contribution is 2.24. The quantitative estimate of drug-likeness (QED) is 0.872. The summed E-state index contributed by atoms with van der Waals surface area (Å²) in [5.74, 6) is 0.144. The van der Waals surface area contributed by atoms with E-state index in [0.717, 1.165) is 0 Å². The zero-order chi connectivity index (χ0) is 14.8. The Bertz CT molecular complexity index is 669. The van der Waals surface area contributed by atoms with E-state index in [-0.39, 0.29) is 30.5 Å². The van der Waals surface area contributed by atoms with E-state index < -0.39 is 0 Å². The Kier molecular flexibility index (Phi) is 4.05. The number of aliphatic hydroxyl groups excluding tert-OH is 2. The van der Waals surface area contributed by atoms with Crippen molar-refractivity contribution in [2.24, 2.45) is 11.8 Å². The first-order chi connectivity index (χ1) is 10.2. The van der Waals surface area contributed by atoms with Crippen molar-refractivity contribution in [3.8, 4) is 0 Å². The first-order valence-electron chi connectivity index (χ1n) is 7.16. The summed E-state index contributed by atoms with van der Waals surface area (Å²) in [6.45, 7) is 1.99. The van der Waals surface area contributed by atoms with Crippen LogP contribution < -0.4 is 5.43 Å². The van der Waals surface area contributed by atoms with Crippen molar-refractivity contribution in [2.75, 3.05) is 26.3 Å². The van der Waals surface area contributed by atoms with Crippen LogP contribution in [-0.4, -0.2) is 41.4 Å². The molecule has 0 saturated carbocycles. The molecule has 1 saturated heterocycles. The minimum absolute atomic E-state index is 0.00940. The van der Waals surface area contributed by atoms with Gasteiger partial charge in [0.25, 0.3) is 0 Å². The number of aliphatic hydroxyl groups is 2. The van der Waals surface area contributed by atoms with Gasteiger partial charge in [-0.1, -0.05) is 12.1 Å². The Balaban J connectivity index is 1.83. The van der Waals surface area contributed by atoms with Gasteiger partial charge in [0, 0.05) is 50.2 Å². The molecule has 2 N–H and O–H groups in total. The highest BCUT2D eigenvalue weighted by molar-refractivity contribution is 5.76. The van der Waals surface area contributed by atoms with E-state index in [4.69, 9.17) is 4.42 Å². The molecule has 112 valence electrons. The molecular formula is C16H19NO4. The highest BCUT2D eigenvalue weighted by atomic mass is 16.3. The molecule has 2 atom stereocenters. The molecule has 5 nitrogen and oxygen atoms in total. The second-order valence-electron chi connectivity index (χ2n) is 5.67. The molecule has 21 heavy (non-hydrogen) atoms. The maximum Gasteiger partial charge on any atom is 0.197 e. The second kappa shape index (κ2) is 5.97. The average molecular weight is 289 g/mol. The van der Waals surface area contributed by atoms with Gasteiger partial charge in [-0.2, -0.15) is 0 Å². The monoisotopic (exact) mass is 289 g/mol. The van der Waals surface area contributed by atoms with Crippen molar-refractivity contribution in [2.45, 2.75) is 6.54 Å². The van der Waals surface area contributed by atoms with Gasteiger partial charge in [0.05, 0.1) is 11.6 Å². The molecule has 0 aliphatic carbocycles.